The van der Waals surface area contributed by atoms with Crippen molar-refractivity contribution in [2.24, 2.45) is 0 Å². The van der Waals surface area contributed by atoms with Crippen LogP contribution in [0.1, 0.15) is 10.4 Å². The van der Waals surface area contributed by atoms with E-state index in [9.17, 15) is 4.79 Å². The molecule has 2 aromatic carbocycles. The van der Waals surface area contributed by atoms with Gasteiger partial charge in [-0.1, -0.05) is 24.3 Å². The fourth-order valence-electron chi connectivity index (χ4n) is 2.50. The van der Waals surface area contributed by atoms with Gasteiger partial charge in [0.2, 0.25) is 0 Å². The van der Waals surface area contributed by atoms with Crippen LogP contribution in [0.2, 0.25) is 0 Å². The van der Waals surface area contributed by atoms with Crippen LogP contribution in [0.4, 0.5) is 0 Å². The molecule has 4 aromatic rings. The van der Waals surface area contributed by atoms with Crippen LogP contribution in [0.3, 0.4) is 0 Å². The number of benzene rings is 2. The number of imidazole rings is 1. The highest BCUT2D eigenvalue weighted by Crippen LogP contribution is 2.23. The van der Waals surface area contributed by atoms with Crippen LogP contribution in [0.5, 0.6) is 0 Å². The van der Waals surface area contributed by atoms with E-state index in [-0.39, 0.29) is 5.91 Å². The molecular formula is C17H11N3O. The van der Waals surface area contributed by atoms with E-state index in [0.29, 0.717) is 5.56 Å². The first-order chi connectivity index (χ1) is 10.3. The summed E-state index contributed by atoms with van der Waals surface area (Å²) < 4.78 is 1.48. The van der Waals surface area contributed by atoms with Gasteiger partial charge < -0.3 is 0 Å². The molecule has 0 aliphatic rings. The van der Waals surface area contributed by atoms with Crippen molar-refractivity contribution in [1.29, 1.82) is 0 Å². The van der Waals surface area contributed by atoms with Gasteiger partial charge >= 0.3 is 0 Å². The summed E-state index contributed by atoms with van der Waals surface area (Å²) in [5.41, 5.74) is 2.38. The fraction of sp³-hybridized carbons (Fsp3) is 0. The number of carbonyl (C=O) groups excluding carboxylic acids is 1. The second-order valence-corrected chi connectivity index (χ2v) is 4.83. The van der Waals surface area contributed by atoms with Crippen LogP contribution in [0, 0.1) is 0 Å². The van der Waals surface area contributed by atoms with E-state index in [1.165, 1.54) is 10.9 Å². The lowest BCUT2D eigenvalue weighted by molar-refractivity contribution is 0.0961. The Morgan fingerprint density at radius 3 is 2.71 bits per heavy atom. The minimum Gasteiger partial charge on any atom is -0.272 e. The van der Waals surface area contributed by atoms with Gasteiger partial charge in [-0.2, -0.15) is 0 Å². The van der Waals surface area contributed by atoms with E-state index >= 15 is 0 Å². The first kappa shape index (κ1) is 11.8. The molecular weight excluding hydrogens is 262 g/mol. The number of hydrogen-bond acceptors (Lipinski definition) is 3. The second-order valence-electron chi connectivity index (χ2n) is 4.83. The number of pyridine rings is 1. The summed E-state index contributed by atoms with van der Waals surface area (Å²) in [7, 11) is 0. The van der Waals surface area contributed by atoms with E-state index in [1.54, 1.807) is 12.4 Å². The van der Waals surface area contributed by atoms with Crippen LogP contribution in [-0.4, -0.2) is 20.4 Å². The zero-order valence-electron chi connectivity index (χ0n) is 11.1. The third-order valence-corrected chi connectivity index (χ3v) is 3.53. The van der Waals surface area contributed by atoms with Gasteiger partial charge in [0.25, 0.3) is 5.91 Å². The van der Waals surface area contributed by atoms with Gasteiger partial charge in [-0.15, -0.1) is 0 Å². The van der Waals surface area contributed by atoms with E-state index < -0.39 is 0 Å². The summed E-state index contributed by atoms with van der Waals surface area (Å²) in [6.07, 6.45) is 4.75. The molecule has 100 valence electrons. The van der Waals surface area contributed by atoms with Crippen molar-refractivity contribution in [1.82, 2.24) is 14.5 Å². The van der Waals surface area contributed by atoms with E-state index in [4.69, 9.17) is 0 Å². The smallest absolute Gasteiger partial charge is 0.263 e. The highest BCUT2D eigenvalue weighted by molar-refractivity contribution is 6.09. The van der Waals surface area contributed by atoms with Crippen molar-refractivity contribution >= 4 is 27.7 Å². The number of hydrogen-bond donors (Lipinski definition) is 0. The van der Waals surface area contributed by atoms with Crippen molar-refractivity contribution < 1.29 is 4.79 Å². The Balaban J connectivity index is 2.01. The average molecular weight is 273 g/mol. The van der Waals surface area contributed by atoms with Crippen molar-refractivity contribution in [3.63, 3.8) is 0 Å². The van der Waals surface area contributed by atoms with Crippen LogP contribution in [0.15, 0.2) is 67.3 Å². The lowest BCUT2D eigenvalue weighted by Gasteiger charge is -2.07. The Bertz CT molecular complexity index is 958. The number of nitrogens with zero attached hydrogens (tertiary/aromatic N) is 3. The maximum Gasteiger partial charge on any atom is 0.263 e. The third-order valence-electron chi connectivity index (χ3n) is 3.53. The first-order valence-corrected chi connectivity index (χ1v) is 6.64. The van der Waals surface area contributed by atoms with E-state index in [2.05, 4.69) is 9.97 Å². The Hall–Kier alpha value is -3.01. The summed E-state index contributed by atoms with van der Waals surface area (Å²) in [5.74, 6) is -0.102. The molecule has 0 unspecified atom stereocenters. The largest absolute Gasteiger partial charge is 0.272 e. The van der Waals surface area contributed by atoms with Crippen molar-refractivity contribution in [2.45, 2.75) is 0 Å². The zero-order valence-corrected chi connectivity index (χ0v) is 11.1. The minimum atomic E-state index is -0.102. The highest BCUT2D eigenvalue weighted by atomic mass is 16.2. The molecule has 4 heteroatoms. The van der Waals surface area contributed by atoms with Crippen LogP contribution in [-0.2, 0) is 0 Å². The van der Waals surface area contributed by atoms with Crippen LogP contribution < -0.4 is 0 Å². The molecule has 0 bridgehead atoms. The Kier molecular flexibility index (Phi) is 2.54. The molecule has 2 heterocycles. The second kappa shape index (κ2) is 4.52. The van der Waals surface area contributed by atoms with Gasteiger partial charge in [0.05, 0.1) is 11.0 Å². The monoisotopic (exact) mass is 273 g/mol. The maximum absolute atomic E-state index is 12.6. The molecule has 0 saturated heterocycles. The number of aromatic nitrogens is 3. The summed E-state index contributed by atoms with van der Waals surface area (Å²) in [4.78, 5) is 21.1. The number of rotatable bonds is 1. The molecule has 4 nitrogen and oxygen atoms in total. The van der Waals surface area contributed by atoms with E-state index in [1.807, 2.05) is 48.5 Å². The average Bonchev–Trinajstić information content (AvgIpc) is 3.06. The summed E-state index contributed by atoms with van der Waals surface area (Å²) >= 11 is 0. The highest BCUT2D eigenvalue weighted by Gasteiger charge is 2.12. The molecule has 0 aliphatic heterocycles. The zero-order chi connectivity index (χ0) is 14.2. The molecule has 21 heavy (non-hydrogen) atoms. The topological polar surface area (TPSA) is 47.8 Å². The lowest BCUT2D eigenvalue weighted by Crippen LogP contribution is -2.10. The van der Waals surface area contributed by atoms with Gasteiger partial charge in [-0.05, 0) is 24.3 Å². The molecule has 4 rings (SSSR count). The molecule has 0 atom stereocenters. The van der Waals surface area contributed by atoms with Gasteiger partial charge in [-0.3, -0.25) is 9.36 Å². The Labute approximate surface area is 120 Å². The lowest BCUT2D eigenvalue weighted by atomic mass is 10.1. The number of carbonyl (C=O) groups is 1. The molecule has 2 aromatic heterocycles. The SMILES string of the molecule is O=C(c1cccc2nc3ccccc3cc12)n1ccnc1. The molecule has 0 N–H and O–H groups in total. The van der Waals surface area contributed by atoms with Crippen molar-refractivity contribution in [3.8, 4) is 0 Å². The summed E-state index contributed by atoms with van der Waals surface area (Å²) in [6.45, 7) is 0. The fourth-order valence-corrected chi connectivity index (χ4v) is 2.50. The normalized spacial score (nSPS) is 11.0. The van der Waals surface area contributed by atoms with Gasteiger partial charge in [0.1, 0.15) is 6.33 Å². The minimum absolute atomic E-state index is 0.102. The third kappa shape index (κ3) is 1.89. The quantitative estimate of drug-likeness (QED) is 0.500. The summed E-state index contributed by atoms with van der Waals surface area (Å²) in [6, 6.07) is 15.5. The predicted octanol–water partition coefficient (Wildman–Crippen LogP) is 3.27. The maximum atomic E-state index is 12.6. The first-order valence-electron chi connectivity index (χ1n) is 6.64. The number of fused-ring (bicyclic) bond motifs is 2. The molecule has 0 saturated carbocycles. The van der Waals surface area contributed by atoms with Crippen LogP contribution >= 0.6 is 0 Å². The summed E-state index contributed by atoms with van der Waals surface area (Å²) in [5, 5.41) is 1.88. The molecule has 0 amide bonds. The molecule has 0 aliphatic carbocycles. The molecule has 0 spiro atoms. The molecule has 0 radical (unpaired) electrons. The van der Waals surface area contributed by atoms with E-state index in [0.717, 1.165) is 21.8 Å². The van der Waals surface area contributed by atoms with Gasteiger partial charge in [-0.25, -0.2) is 9.97 Å². The standard InChI is InChI=1S/C17H11N3O/c21-17(20-9-8-18-11-20)13-5-3-7-16-14(13)10-12-4-1-2-6-15(12)19-16/h1-11H. The van der Waals surface area contributed by atoms with Gasteiger partial charge in [0, 0.05) is 28.7 Å². The van der Waals surface area contributed by atoms with Crippen LogP contribution in [0.25, 0.3) is 21.8 Å². The van der Waals surface area contributed by atoms with Crippen molar-refractivity contribution in [3.05, 3.63) is 72.8 Å². The predicted molar refractivity (Wildman–Crippen MR) is 81.2 cm³/mol. The Morgan fingerprint density at radius 1 is 1.00 bits per heavy atom. The number of para-hydroxylation sites is 1. The molecule has 0 fully saturated rings. The Morgan fingerprint density at radius 2 is 1.86 bits per heavy atom. The van der Waals surface area contributed by atoms with Gasteiger partial charge in [0.15, 0.2) is 0 Å². The van der Waals surface area contributed by atoms with Crippen molar-refractivity contribution in [2.75, 3.05) is 0 Å².